The summed E-state index contributed by atoms with van der Waals surface area (Å²) < 4.78 is 0. The molecule has 0 bridgehead atoms. The third-order valence-electron chi connectivity index (χ3n) is 1.39. The van der Waals surface area contributed by atoms with Gasteiger partial charge in [-0.2, -0.15) is 0 Å². The van der Waals surface area contributed by atoms with Gasteiger partial charge in [0, 0.05) is 59.1 Å². The molecule has 0 aliphatic carbocycles. The van der Waals surface area contributed by atoms with Crippen molar-refractivity contribution in [3.05, 3.63) is 35.4 Å². The van der Waals surface area contributed by atoms with E-state index in [-0.39, 0.29) is 70.2 Å². The topological polar surface area (TPSA) is 74.6 Å². The van der Waals surface area contributed by atoms with Gasteiger partial charge in [0.1, 0.15) is 0 Å². The van der Waals surface area contributed by atoms with Gasteiger partial charge in [0.25, 0.3) is 0 Å². The second kappa shape index (κ2) is 7.45. The van der Waals surface area contributed by atoms with Gasteiger partial charge in [-0.1, -0.05) is 12.1 Å². The fourth-order valence-electron chi connectivity index (χ4n) is 0.856. The van der Waals surface area contributed by atoms with Crippen LogP contribution in [0.4, 0.5) is 0 Å². The minimum Gasteiger partial charge on any atom is -0.478 e. The van der Waals surface area contributed by atoms with Crippen LogP contribution in [-0.2, 0) is 0 Å². The Morgan fingerprint density at radius 3 is 1.36 bits per heavy atom. The summed E-state index contributed by atoms with van der Waals surface area (Å²) in [5.74, 6) is -2.46. The van der Waals surface area contributed by atoms with Gasteiger partial charge in [-0.25, -0.2) is 9.59 Å². The molecule has 0 fully saturated rings. The van der Waals surface area contributed by atoms with Crippen molar-refractivity contribution in [3.8, 4) is 0 Å². The van der Waals surface area contributed by atoms with E-state index in [9.17, 15) is 9.59 Å². The van der Waals surface area contributed by atoms with Gasteiger partial charge in [0.15, 0.2) is 0 Å². The SMILES string of the molecule is O=C(O)c1ccccc1C(=O)O.[Na].[Na]. The molecular weight excluding hydrogens is 206 g/mol. The number of carbonyl (C=O) groups is 2. The zero-order chi connectivity index (χ0) is 9.14. The van der Waals surface area contributed by atoms with Crippen LogP contribution in [0.25, 0.3) is 0 Å². The molecule has 1 aromatic rings. The largest absolute Gasteiger partial charge is 0.478 e. The fourth-order valence-corrected chi connectivity index (χ4v) is 0.856. The quantitative estimate of drug-likeness (QED) is 0.692. The van der Waals surface area contributed by atoms with Crippen LogP contribution in [0.5, 0.6) is 0 Å². The Labute approximate surface area is 125 Å². The van der Waals surface area contributed by atoms with Crippen molar-refractivity contribution in [2.24, 2.45) is 0 Å². The first-order valence-corrected chi connectivity index (χ1v) is 3.18. The van der Waals surface area contributed by atoms with Gasteiger partial charge in [-0.3, -0.25) is 0 Å². The molecule has 14 heavy (non-hydrogen) atoms. The number of hydrogen-bond donors (Lipinski definition) is 2. The summed E-state index contributed by atoms with van der Waals surface area (Å²) >= 11 is 0. The Balaban J connectivity index is 0. The van der Waals surface area contributed by atoms with E-state index in [0.717, 1.165) is 0 Å². The van der Waals surface area contributed by atoms with Crippen LogP contribution in [0.2, 0.25) is 0 Å². The maximum Gasteiger partial charge on any atom is 0.336 e. The predicted molar refractivity (Wildman–Crippen MR) is 51.9 cm³/mol. The number of carboxylic acid groups (broad SMARTS) is 2. The van der Waals surface area contributed by atoms with E-state index in [4.69, 9.17) is 10.2 Å². The molecule has 0 aliphatic heterocycles. The van der Waals surface area contributed by atoms with E-state index in [1.807, 2.05) is 0 Å². The monoisotopic (exact) mass is 212 g/mol. The third-order valence-corrected chi connectivity index (χ3v) is 1.39. The number of hydrogen-bond acceptors (Lipinski definition) is 2. The van der Waals surface area contributed by atoms with Crippen LogP contribution < -0.4 is 0 Å². The van der Waals surface area contributed by atoms with Gasteiger partial charge in [-0.15, -0.1) is 0 Å². The molecule has 4 nitrogen and oxygen atoms in total. The van der Waals surface area contributed by atoms with Crippen molar-refractivity contribution in [2.45, 2.75) is 0 Å². The Morgan fingerprint density at radius 1 is 0.857 bits per heavy atom. The first-order chi connectivity index (χ1) is 5.63. The molecule has 0 saturated carbocycles. The zero-order valence-electron chi connectivity index (χ0n) is 8.02. The zero-order valence-corrected chi connectivity index (χ0v) is 12.0. The Bertz CT molecular complexity index is 305. The van der Waals surface area contributed by atoms with Crippen molar-refractivity contribution in [1.29, 1.82) is 0 Å². The van der Waals surface area contributed by atoms with Crippen LogP contribution >= 0.6 is 0 Å². The van der Waals surface area contributed by atoms with Crippen LogP contribution in [-0.4, -0.2) is 81.3 Å². The van der Waals surface area contributed by atoms with Gasteiger partial charge in [0.05, 0.1) is 11.1 Å². The molecule has 0 atom stereocenters. The van der Waals surface area contributed by atoms with E-state index in [0.29, 0.717) is 0 Å². The molecule has 2 radical (unpaired) electrons. The molecule has 0 aliphatic rings. The van der Waals surface area contributed by atoms with E-state index >= 15 is 0 Å². The summed E-state index contributed by atoms with van der Waals surface area (Å²) in [6.07, 6.45) is 0. The first-order valence-electron chi connectivity index (χ1n) is 3.18. The summed E-state index contributed by atoms with van der Waals surface area (Å²) in [7, 11) is 0. The maximum atomic E-state index is 10.5. The van der Waals surface area contributed by atoms with Crippen molar-refractivity contribution in [3.63, 3.8) is 0 Å². The summed E-state index contributed by atoms with van der Waals surface area (Å²) in [4.78, 5) is 20.9. The first kappa shape index (κ1) is 16.6. The second-order valence-electron chi connectivity index (χ2n) is 2.16. The molecule has 0 heterocycles. The molecule has 1 aromatic carbocycles. The Morgan fingerprint density at radius 2 is 1.14 bits per heavy atom. The number of aromatic carboxylic acids is 2. The number of benzene rings is 1. The van der Waals surface area contributed by atoms with Crippen LogP contribution in [0.3, 0.4) is 0 Å². The van der Waals surface area contributed by atoms with Gasteiger partial charge >= 0.3 is 11.9 Å². The smallest absolute Gasteiger partial charge is 0.336 e. The van der Waals surface area contributed by atoms with Crippen molar-refractivity contribution >= 4 is 71.1 Å². The molecule has 0 aromatic heterocycles. The van der Waals surface area contributed by atoms with Gasteiger partial charge in [-0.05, 0) is 12.1 Å². The molecule has 1 rings (SSSR count). The molecule has 0 amide bonds. The molecular formula is C8H6Na2O4. The standard InChI is InChI=1S/C8H6O4.2Na/c9-7(10)5-3-1-2-4-6(5)8(11)12;;/h1-4H,(H,9,10)(H,11,12);;. The predicted octanol–water partition coefficient (Wildman–Crippen LogP) is 0.321. The van der Waals surface area contributed by atoms with E-state index < -0.39 is 11.9 Å². The summed E-state index contributed by atoms with van der Waals surface area (Å²) in [6, 6.07) is 5.48. The molecule has 0 unspecified atom stereocenters. The van der Waals surface area contributed by atoms with Crippen LogP contribution in [0.1, 0.15) is 20.7 Å². The molecule has 0 spiro atoms. The van der Waals surface area contributed by atoms with Crippen LogP contribution in [0, 0.1) is 0 Å². The summed E-state index contributed by atoms with van der Waals surface area (Å²) in [5, 5.41) is 17.1. The minimum absolute atomic E-state index is 0. The average Bonchev–Trinajstić information content (AvgIpc) is 2.04. The third kappa shape index (κ3) is 4.13. The van der Waals surface area contributed by atoms with E-state index in [1.165, 1.54) is 24.3 Å². The second-order valence-corrected chi connectivity index (χ2v) is 2.16. The van der Waals surface area contributed by atoms with E-state index in [2.05, 4.69) is 0 Å². The van der Waals surface area contributed by atoms with Crippen LogP contribution in [0.15, 0.2) is 24.3 Å². The normalized spacial score (nSPS) is 8.00. The van der Waals surface area contributed by atoms with Gasteiger partial charge in [0.2, 0.25) is 0 Å². The number of carboxylic acids is 2. The van der Waals surface area contributed by atoms with E-state index in [1.54, 1.807) is 0 Å². The Kier molecular flexibility index (Phi) is 8.83. The minimum atomic E-state index is -1.23. The summed E-state index contributed by atoms with van der Waals surface area (Å²) in [5.41, 5.74) is -0.380. The van der Waals surface area contributed by atoms with Gasteiger partial charge < -0.3 is 10.2 Å². The molecule has 64 valence electrons. The number of rotatable bonds is 2. The molecule has 0 saturated heterocycles. The fraction of sp³-hybridized carbons (Fsp3) is 0. The van der Waals surface area contributed by atoms with Crippen molar-refractivity contribution < 1.29 is 19.8 Å². The maximum absolute atomic E-state index is 10.5. The van der Waals surface area contributed by atoms with Crippen molar-refractivity contribution in [1.82, 2.24) is 0 Å². The Hall–Kier alpha value is 0.160. The van der Waals surface area contributed by atoms with Crippen molar-refractivity contribution in [2.75, 3.05) is 0 Å². The summed E-state index contributed by atoms with van der Waals surface area (Å²) in [6.45, 7) is 0. The molecule has 6 heteroatoms. The average molecular weight is 212 g/mol. The molecule has 2 N–H and O–H groups in total.